The summed E-state index contributed by atoms with van der Waals surface area (Å²) in [5.41, 5.74) is 3.06. The predicted octanol–water partition coefficient (Wildman–Crippen LogP) is 2.31. The van der Waals surface area contributed by atoms with Crippen LogP contribution in [0, 0.1) is 6.92 Å². The standard InChI is InChI=1S/C18H19N3O3/c1-11-8-14(6-7-19-11)20-17(22)10-13-4-5-16-15(9-13)21(3)18(23)12(2)24-16/h4-9,12H,10H2,1-3H3,(H,19,20,22). The van der Waals surface area contributed by atoms with E-state index >= 15 is 0 Å². The van der Waals surface area contributed by atoms with Crippen molar-refractivity contribution >= 4 is 23.2 Å². The van der Waals surface area contributed by atoms with Gasteiger partial charge in [0, 0.05) is 24.6 Å². The number of carbonyl (C=O) groups is 2. The summed E-state index contributed by atoms with van der Waals surface area (Å²) in [6.45, 7) is 3.59. The third-order valence-electron chi connectivity index (χ3n) is 3.91. The molecular formula is C18H19N3O3. The highest BCUT2D eigenvalue weighted by atomic mass is 16.5. The average Bonchev–Trinajstić information content (AvgIpc) is 2.53. The number of aromatic nitrogens is 1. The van der Waals surface area contributed by atoms with E-state index in [0.717, 1.165) is 16.9 Å². The summed E-state index contributed by atoms with van der Waals surface area (Å²) in [5, 5.41) is 2.85. The Morgan fingerprint density at radius 3 is 2.88 bits per heavy atom. The Kier molecular flexibility index (Phi) is 4.20. The van der Waals surface area contributed by atoms with Crippen LogP contribution >= 0.6 is 0 Å². The zero-order chi connectivity index (χ0) is 17.3. The summed E-state index contributed by atoms with van der Waals surface area (Å²) >= 11 is 0. The smallest absolute Gasteiger partial charge is 0.267 e. The first kappa shape index (κ1) is 16.0. The molecule has 0 fully saturated rings. The van der Waals surface area contributed by atoms with Crippen molar-refractivity contribution in [1.29, 1.82) is 0 Å². The molecule has 0 saturated carbocycles. The van der Waals surface area contributed by atoms with Gasteiger partial charge in [0.15, 0.2) is 6.10 Å². The fraction of sp³-hybridized carbons (Fsp3) is 0.278. The Bertz CT molecular complexity index is 804. The summed E-state index contributed by atoms with van der Waals surface area (Å²) in [6.07, 6.45) is 1.38. The molecular weight excluding hydrogens is 306 g/mol. The minimum absolute atomic E-state index is 0.101. The van der Waals surface area contributed by atoms with Crippen molar-refractivity contribution < 1.29 is 14.3 Å². The van der Waals surface area contributed by atoms with Crippen molar-refractivity contribution in [3.63, 3.8) is 0 Å². The Balaban J connectivity index is 1.74. The van der Waals surface area contributed by atoms with Gasteiger partial charge in [0.2, 0.25) is 5.91 Å². The fourth-order valence-electron chi connectivity index (χ4n) is 2.68. The number of anilines is 2. The van der Waals surface area contributed by atoms with Crippen LogP contribution in [0.2, 0.25) is 0 Å². The molecule has 1 unspecified atom stereocenters. The second kappa shape index (κ2) is 6.31. The lowest BCUT2D eigenvalue weighted by Crippen LogP contribution is -2.42. The molecule has 1 aliphatic heterocycles. The lowest BCUT2D eigenvalue weighted by molar-refractivity contribution is -0.125. The molecule has 1 aromatic carbocycles. The van der Waals surface area contributed by atoms with Gasteiger partial charge >= 0.3 is 0 Å². The SMILES string of the molecule is Cc1cc(NC(=O)Cc2ccc3c(c2)N(C)C(=O)C(C)O3)ccn1. The summed E-state index contributed by atoms with van der Waals surface area (Å²) < 4.78 is 5.58. The van der Waals surface area contributed by atoms with Crippen molar-refractivity contribution in [3.05, 3.63) is 47.8 Å². The van der Waals surface area contributed by atoms with Gasteiger partial charge in [-0.15, -0.1) is 0 Å². The summed E-state index contributed by atoms with van der Waals surface area (Å²) in [5.74, 6) is 0.425. The lowest BCUT2D eigenvalue weighted by atomic mass is 10.1. The van der Waals surface area contributed by atoms with E-state index in [0.29, 0.717) is 11.4 Å². The third kappa shape index (κ3) is 3.22. The molecule has 0 aliphatic carbocycles. The van der Waals surface area contributed by atoms with Crippen molar-refractivity contribution in [2.75, 3.05) is 17.3 Å². The van der Waals surface area contributed by atoms with Crippen LogP contribution in [-0.4, -0.2) is 29.9 Å². The molecule has 1 N–H and O–H groups in total. The number of nitrogens with zero attached hydrogens (tertiary/aromatic N) is 2. The molecule has 0 saturated heterocycles. The number of likely N-dealkylation sites (N-methyl/N-ethyl adjacent to an activating group) is 1. The van der Waals surface area contributed by atoms with E-state index in [2.05, 4.69) is 10.3 Å². The van der Waals surface area contributed by atoms with Crippen molar-refractivity contribution in [2.24, 2.45) is 0 Å². The van der Waals surface area contributed by atoms with Gasteiger partial charge in [-0.2, -0.15) is 0 Å². The Hall–Kier alpha value is -2.89. The number of fused-ring (bicyclic) bond motifs is 1. The number of aryl methyl sites for hydroxylation is 1. The van der Waals surface area contributed by atoms with E-state index < -0.39 is 6.10 Å². The quantitative estimate of drug-likeness (QED) is 0.940. The van der Waals surface area contributed by atoms with E-state index in [9.17, 15) is 9.59 Å². The molecule has 1 aliphatic rings. The molecule has 2 aromatic rings. The molecule has 0 radical (unpaired) electrons. The minimum atomic E-state index is -0.494. The molecule has 6 heteroatoms. The first-order chi connectivity index (χ1) is 11.4. The Morgan fingerprint density at radius 1 is 1.33 bits per heavy atom. The number of carbonyl (C=O) groups excluding carboxylic acids is 2. The number of amides is 2. The van der Waals surface area contributed by atoms with Crippen LogP contribution in [0.1, 0.15) is 18.2 Å². The Morgan fingerprint density at radius 2 is 2.12 bits per heavy atom. The van der Waals surface area contributed by atoms with Gasteiger partial charge in [-0.05, 0) is 43.7 Å². The molecule has 124 valence electrons. The number of hydrogen-bond acceptors (Lipinski definition) is 4. The van der Waals surface area contributed by atoms with Gasteiger partial charge in [0.05, 0.1) is 12.1 Å². The van der Waals surface area contributed by atoms with Gasteiger partial charge in [-0.1, -0.05) is 6.07 Å². The topological polar surface area (TPSA) is 71.5 Å². The van der Waals surface area contributed by atoms with E-state index in [1.807, 2.05) is 25.1 Å². The number of nitrogens with one attached hydrogen (secondary N) is 1. The highest BCUT2D eigenvalue weighted by molar-refractivity contribution is 5.99. The predicted molar refractivity (Wildman–Crippen MR) is 91.2 cm³/mol. The van der Waals surface area contributed by atoms with Crippen LogP contribution in [0.4, 0.5) is 11.4 Å². The van der Waals surface area contributed by atoms with Crippen molar-refractivity contribution in [1.82, 2.24) is 4.98 Å². The number of benzene rings is 1. The van der Waals surface area contributed by atoms with E-state index in [4.69, 9.17) is 4.74 Å². The highest BCUT2D eigenvalue weighted by Crippen LogP contribution is 2.34. The lowest BCUT2D eigenvalue weighted by Gasteiger charge is -2.30. The first-order valence-electron chi connectivity index (χ1n) is 7.73. The van der Waals surface area contributed by atoms with Crippen LogP contribution in [0.25, 0.3) is 0 Å². The fourth-order valence-corrected chi connectivity index (χ4v) is 2.68. The molecule has 24 heavy (non-hydrogen) atoms. The van der Waals surface area contributed by atoms with E-state index in [1.54, 1.807) is 37.2 Å². The highest BCUT2D eigenvalue weighted by Gasteiger charge is 2.28. The van der Waals surface area contributed by atoms with Crippen LogP contribution in [0.3, 0.4) is 0 Å². The van der Waals surface area contributed by atoms with Crippen LogP contribution in [0.5, 0.6) is 5.75 Å². The summed E-state index contributed by atoms with van der Waals surface area (Å²) in [4.78, 5) is 29.9. The normalized spacial score (nSPS) is 16.4. The zero-order valence-electron chi connectivity index (χ0n) is 13.9. The van der Waals surface area contributed by atoms with Crippen LogP contribution < -0.4 is 15.0 Å². The van der Waals surface area contributed by atoms with Gasteiger partial charge in [-0.3, -0.25) is 14.6 Å². The van der Waals surface area contributed by atoms with Crippen molar-refractivity contribution in [3.8, 4) is 5.75 Å². The summed E-state index contributed by atoms with van der Waals surface area (Å²) in [6, 6.07) is 9.02. The maximum absolute atomic E-state index is 12.2. The van der Waals surface area contributed by atoms with E-state index in [-0.39, 0.29) is 18.2 Å². The second-order valence-electron chi connectivity index (χ2n) is 5.87. The molecule has 1 aromatic heterocycles. The monoisotopic (exact) mass is 325 g/mol. The average molecular weight is 325 g/mol. The molecule has 1 atom stereocenters. The first-order valence-corrected chi connectivity index (χ1v) is 7.73. The maximum atomic E-state index is 12.2. The minimum Gasteiger partial charge on any atom is -0.479 e. The van der Waals surface area contributed by atoms with Gasteiger partial charge in [0.1, 0.15) is 5.75 Å². The van der Waals surface area contributed by atoms with Crippen LogP contribution in [0.15, 0.2) is 36.5 Å². The molecule has 2 amide bonds. The number of hydrogen-bond donors (Lipinski definition) is 1. The summed E-state index contributed by atoms with van der Waals surface area (Å²) in [7, 11) is 1.71. The van der Waals surface area contributed by atoms with E-state index in [1.165, 1.54) is 0 Å². The second-order valence-corrected chi connectivity index (χ2v) is 5.87. The van der Waals surface area contributed by atoms with Gasteiger partial charge in [-0.25, -0.2) is 0 Å². The number of pyridine rings is 1. The van der Waals surface area contributed by atoms with Gasteiger partial charge < -0.3 is 15.0 Å². The maximum Gasteiger partial charge on any atom is 0.267 e. The van der Waals surface area contributed by atoms with Gasteiger partial charge in [0.25, 0.3) is 5.91 Å². The molecule has 2 heterocycles. The third-order valence-corrected chi connectivity index (χ3v) is 3.91. The zero-order valence-corrected chi connectivity index (χ0v) is 13.9. The largest absolute Gasteiger partial charge is 0.479 e. The molecule has 6 nitrogen and oxygen atoms in total. The number of ether oxygens (including phenoxy) is 1. The van der Waals surface area contributed by atoms with Crippen LogP contribution in [-0.2, 0) is 16.0 Å². The molecule has 0 spiro atoms. The number of rotatable bonds is 3. The van der Waals surface area contributed by atoms with Crippen molar-refractivity contribution in [2.45, 2.75) is 26.4 Å². The molecule has 0 bridgehead atoms. The molecule has 3 rings (SSSR count). The Labute approximate surface area is 140 Å².